The SMILES string of the molecule is O=c1[nH]cnc2cc(OCC3(c4ccccc4)CCNCC3)ccc12. The first kappa shape index (κ1) is 15.8. The van der Waals surface area contributed by atoms with E-state index >= 15 is 0 Å². The van der Waals surface area contributed by atoms with Crippen LogP contribution in [0.1, 0.15) is 18.4 Å². The van der Waals surface area contributed by atoms with Crippen LogP contribution in [0.4, 0.5) is 0 Å². The molecule has 5 nitrogen and oxygen atoms in total. The molecule has 0 aliphatic carbocycles. The van der Waals surface area contributed by atoms with Crippen molar-refractivity contribution >= 4 is 10.9 Å². The number of benzene rings is 2. The zero-order valence-electron chi connectivity index (χ0n) is 14.0. The van der Waals surface area contributed by atoms with Crippen LogP contribution in [0.2, 0.25) is 0 Å². The number of hydrogen-bond donors (Lipinski definition) is 2. The number of aromatic nitrogens is 2. The summed E-state index contributed by atoms with van der Waals surface area (Å²) in [6.45, 7) is 2.60. The van der Waals surface area contributed by atoms with Crippen molar-refractivity contribution < 1.29 is 4.74 Å². The van der Waals surface area contributed by atoms with Crippen molar-refractivity contribution in [3.63, 3.8) is 0 Å². The minimum absolute atomic E-state index is 0.0169. The second-order valence-electron chi connectivity index (χ2n) is 6.60. The van der Waals surface area contributed by atoms with Gasteiger partial charge in [-0.3, -0.25) is 4.79 Å². The fourth-order valence-electron chi connectivity index (χ4n) is 3.57. The van der Waals surface area contributed by atoms with Crippen molar-refractivity contribution in [3.8, 4) is 5.75 Å². The minimum atomic E-state index is -0.129. The fourth-order valence-corrected chi connectivity index (χ4v) is 3.57. The Hall–Kier alpha value is -2.66. The van der Waals surface area contributed by atoms with Gasteiger partial charge in [0.1, 0.15) is 5.75 Å². The van der Waals surface area contributed by atoms with Gasteiger partial charge < -0.3 is 15.0 Å². The number of piperidine rings is 1. The molecule has 2 N–H and O–H groups in total. The van der Waals surface area contributed by atoms with Crippen LogP contribution < -0.4 is 15.6 Å². The number of fused-ring (bicyclic) bond motifs is 1. The predicted octanol–water partition coefficient (Wildman–Crippen LogP) is 2.62. The maximum Gasteiger partial charge on any atom is 0.258 e. The van der Waals surface area contributed by atoms with Gasteiger partial charge in [0.25, 0.3) is 5.56 Å². The van der Waals surface area contributed by atoms with Gasteiger partial charge in [0.15, 0.2) is 0 Å². The summed E-state index contributed by atoms with van der Waals surface area (Å²) < 4.78 is 6.17. The summed E-state index contributed by atoms with van der Waals surface area (Å²) >= 11 is 0. The summed E-state index contributed by atoms with van der Waals surface area (Å²) in [5, 5.41) is 4.01. The third kappa shape index (κ3) is 3.15. The first-order valence-corrected chi connectivity index (χ1v) is 8.63. The van der Waals surface area contributed by atoms with Crippen LogP contribution in [-0.2, 0) is 5.41 Å². The van der Waals surface area contributed by atoms with E-state index in [1.54, 1.807) is 6.07 Å². The number of ether oxygens (including phenoxy) is 1. The Morgan fingerprint density at radius 2 is 1.88 bits per heavy atom. The molecule has 0 unspecified atom stereocenters. The van der Waals surface area contributed by atoms with E-state index in [9.17, 15) is 4.79 Å². The summed E-state index contributed by atoms with van der Waals surface area (Å²) in [5.74, 6) is 0.749. The van der Waals surface area contributed by atoms with Gasteiger partial charge in [-0.1, -0.05) is 30.3 Å². The second kappa shape index (κ2) is 6.69. The Balaban J connectivity index is 1.60. The van der Waals surface area contributed by atoms with E-state index in [0.29, 0.717) is 17.5 Å². The third-order valence-electron chi connectivity index (χ3n) is 5.08. The number of rotatable bonds is 4. The van der Waals surface area contributed by atoms with Crippen LogP contribution in [0.5, 0.6) is 5.75 Å². The third-order valence-corrected chi connectivity index (χ3v) is 5.08. The molecule has 0 amide bonds. The van der Waals surface area contributed by atoms with Gasteiger partial charge in [-0.25, -0.2) is 4.98 Å². The average molecular weight is 335 g/mol. The van der Waals surface area contributed by atoms with Gasteiger partial charge in [-0.2, -0.15) is 0 Å². The second-order valence-corrected chi connectivity index (χ2v) is 6.60. The van der Waals surface area contributed by atoms with Gasteiger partial charge in [0, 0.05) is 11.5 Å². The molecule has 0 spiro atoms. The lowest BCUT2D eigenvalue weighted by Crippen LogP contribution is -2.43. The molecular weight excluding hydrogens is 314 g/mol. The van der Waals surface area contributed by atoms with Crippen molar-refractivity contribution in [1.29, 1.82) is 0 Å². The van der Waals surface area contributed by atoms with Crippen molar-refractivity contribution in [2.75, 3.05) is 19.7 Å². The number of hydrogen-bond acceptors (Lipinski definition) is 4. The minimum Gasteiger partial charge on any atom is -0.493 e. The lowest BCUT2D eigenvalue weighted by molar-refractivity contribution is 0.176. The molecule has 0 bridgehead atoms. The van der Waals surface area contributed by atoms with Crippen molar-refractivity contribution in [3.05, 3.63) is 70.8 Å². The van der Waals surface area contributed by atoms with E-state index in [1.807, 2.05) is 18.2 Å². The largest absolute Gasteiger partial charge is 0.493 e. The molecule has 1 aliphatic heterocycles. The lowest BCUT2D eigenvalue weighted by atomic mass is 9.74. The summed E-state index contributed by atoms with van der Waals surface area (Å²) in [7, 11) is 0. The summed E-state index contributed by atoms with van der Waals surface area (Å²) in [4.78, 5) is 18.6. The number of H-pyrrole nitrogens is 1. The van der Waals surface area contributed by atoms with E-state index < -0.39 is 0 Å². The highest BCUT2D eigenvalue weighted by atomic mass is 16.5. The number of aromatic amines is 1. The molecule has 5 heteroatoms. The van der Waals surface area contributed by atoms with Crippen molar-refractivity contribution in [2.45, 2.75) is 18.3 Å². The molecule has 1 fully saturated rings. The van der Waals surface area contributed by atoms with E-state index in [2.05, 4.69) is 39.6 Å². The monoisotopic (exact) mass is 335 g/mol. The van der Waals surface area contributed by atoms with E-state index in [-0.39, 0.29) is 11.0 Å². The summed E-state index contributed by atoms with van der Waals surface area (Å²) in [6, 6.07) is 16.1. The Morgan fingerprint density at radius 3 is 2.68 bits per heavy atom. The van der Waals surface area contributed by atoms with E-state index in [0.717, 1.165) is 31.7 Å². The predicted molar refractivity (Wildman–Crippen MR) is 98.1 cm³/mol. The maximum absolute atomic E-state index is 11.8. The molecule has 25 heavy (non-hydrogen) atoms. The standard InChI is InChI=1S/C20H21N3O2/c24-19-17-7-6-16(12-18(17)22-14-23-19)25-13-20(8-10-21-11-9-20)15-4-2-1-3-5-15/h1-7,12,14,21H,8-11,13H2,(H,22,23,24). The lowest BCUT2D eigenvalue weighted by Gasteiger charge is -2.38. The number of nitrogens with one attached hydrogen (secondary N) is 2. The molecule has 0 saturated carbocycles. The Kier molecular flexibility index (Phi) is 4.24. The molecule has 3 aromatic rings. The Bertz CT molecular complexity index is 915. The van der Waals surface area contributed by atoms with E-state index in [1.165, 1.54) is 11.9 Å². The van der Waals surface area contributed by atoms with Gasteiger partial charge in [-0.05, 0) is 43.6 Å². The van der Waals surface area contributed by atoms with Crippen LogP contribution in [0.3, 0.4) is 0 Å². The van der Waals surface area contributed by atoms with Crippen molar-refractivity contribution in [1.82, 2.24) is 15.3 Å². The Labute approximate surface area is 146 Å². The topological polar surface area (TPSA) is 67.0 Å². The normalized spacial score (nSPS) is 16.6. The highest BCUT2D eigenvalue weighted by Gasteiger charge is 2.34. The zero-order valence-corrected chi connectivity index (χ0v) is 14.0. The first-order valence-electron chi connectivity index (χ1n) is 8.63. The average Bonchev–Trinajstić information content (AvgIpc) is 2.68. The molecule has 1 aliphatic rings. The summed E-state index contributed by atoms with van der Waals surface area (Å²) in [5.41, 5.74) is 1.87. The molecule has 128 valence electrons. The molecule has 0 radical (unpaired) electrons. The quantitative estimate of drug-likeness (QED) is 0.769. The van der Waals surface area contributed by atoms with Crippen LogP contribution in [0.25, 0.3) is 10.9 Å². The molecule has 4 rings (SSSR count). The Morgan fingerprint density at radius 1 is 1.08 bits per heavy atom. The van der Waals surface area contributed by atoms with Crippen LogP contribution in [0.15, 0.2) is 59.7 Å². The zero-order chi connectivity index (χ0) is 17.1. The fraction of sp³-hybridized carbons (Fsp3) is 0.300. The molecular formula is C20H21N3O2. The molecule has 1 saturated heterocycles. The van der Waals surface area contributed by atoms with Gasteiger partial charge >= 0.3 is 0 Å². The van der Waals surface area contributed by atoms with Gasteiger partial charge in [0.2, 0.25) is 0 Å². The molecule has 0 atom stereocenters. The smallest absolute Gasteiger partial charge is 0.258 e. The maximum atomic E-state index is 11.8. The molecule has 1 aromatic heterocycles. The van der Waals surface area contributed by atoms with Crippen molar-refractivity contribution in [2.24, 2.45) is 0 Å². The highest BCUT2D eigenvalue weighted by molar-refractivity contribution is 5.78. The molecule has 2 heterocycles. The number of nitrogens with zero attached hydrogens (tertiary/aromatic N) is 1. The summed E-state index contributed by atoms with van der Waals surface area (Å²) in [6.07, 6.45) is 3.51. The van der Waals surface area contributed by atoms with Crippen LogP contribution in [0, 0.1) is 0 Å². The van der Waals surface area contributed by atoms with Crippen LogP contribution >= 0.6 is 0 Å². The van der Waals surface area contributed by atoms with Crippen LogP contribution in [-0.4, -0.2) is 29.7 Å². The van der Waals surface area contributed by atoms with Gasteiger partial charge in [0.05, 0.1) is 23.8 Å². The van der Waals surface area contributed by atoms with Gasteiger partial charge in [-0.15, -0.1) is 0 Å². The molecule has 2 aromatic carbocycles. The highest BCUT2D eigenvalue weighted by Crippen LogP contribution is 2.34. The van der Waals surface area contributed by atoms with E-state index in [4.69, 9.17) is 4.74 Å². The first-order chi connectivity index (χ1) is 12.3.